The number of nitrogens with zero attached hydrogens (tertiary/aromatic N) is 1. The van der Waals surface area contributed by atoms with Gasteiger partial charge >= 0.3 is 0 Å². The lowest BCUT2D eigenvalue weighted by Crippen LogP contribution is -2.32. The maximum atomic E-state index is 9.34. The summed E-state index contributed by atoms with van der Waals surface area (Å²) in [7, 11) is 0. The number of ether oxygens (including phenoxy) is 1. The van der Waals surface area contributed by atoms with E-state index in [0.717, 1.165) is 50.4 Å². The third-order valence-electron chi connectivity index (χ3n) is 9.63. The first kappa shape index (κ1) is 26.3. The Morgan fingerprint density at radius 2 is 0.848 bits per heavy atom. The van der Waals surface area contributed by atoms with Crippen LogP contribution < -0.4 is 4.74 Å². The molecule has 2 nitrogen and oxygen atoms in total. The average molecular weight is 586 g/mol. The molecule has 1 heterocycles. The van der Waals surface area contributed by atoms with E-state index in [2.05, 4.69) is 146 Å². The molecule has 0 N–H and O–H groups in total. The van der Waals surface area contributed by atoms with Crippen molar-refractivity contribution >= 4 is 0 Å². The van der Waals surface area contributed by atoms with Crippen molar-refractivity contribution in [1.82, 2.24) is 0 Å². The van der Waals surface area contributed by atoms with Crippen LogP contribution in [0.4, 0.5) is 0 Å². The van der Waals surface area contributed by atoms with Crippen molar-refractivity contribution in [2.24, 2.45) is 0 Å². The Balaban J connectivity index is 1.25. The fourth-order valence-electron chi connectivity index (χ4n) is 7.69. The third-order valence-corrected chi connectivity index (χ3v) is 9.63. The van der Waals surface area contributed by atoms with Gasteiger partial charge in [-0.05, 0) is 79.9 Å². The molecule has 2 heteroatoms. The highest BCUT2D eigenvalue weighted by Gasteiger charge is 2.50. The highest BCUT2D eigenvalue weighted by Crippen LogP contribution is 2.62. The number of hydrogen-bond donors (Lipinski definition) is 0. The molecule has 0 atom stereocenters. The zero-order valence-electron chi connectivity index (χ0n) is 24.9. The summed E-state index contributed by atoms with van der Waals surface area (Å²) in [6, 6.07) is 60.0. The van der Waals surface area contributed by atoms with Gasteiger partial charge in [-0.15, -0.1) is 0 Å². The summed E-state index contributed by atoms with van der Waals surface area (Å²) < 4.78 is 6.79. The Hall–Kier alpha value is -6.17. The molecule has 46 heavy (non-hydrogen) atoms. The zero-order valence-corrected chi connectivity index (χ0v) is 24.9. The molecule has 7 aromatic rings. The van der Waals surface area contributed by atoms with Crippen LogP contribution in [0.3, 0.4) is 0 Å². The van der Waals surface area contributed by atoms with E-state index in [1.165, 1.54) is 27.8 Å². The van der Waals surface area contributed by atoms with E-state index in [0.29, 0.717) is 5.56 Å². The molecule has 0 saturated carbocycles. The lowest BCUT2D eigenvalue weighted by molar-refractivity contribution is 0.436. The van der Waals surface area contributed by atoms with Crippen molar-refractivity contribution in [3.05, 3.63) is 192 Å². The lowest BCUT2D eigenvalue weighted by atomic mass is 9.66. The minimum atomic E-state index is -0.475. The maximum Gasteiger partial charge on any atom is 0.132 e. The van der Waals surface area contributed by atoms with Gasteiger partial charge in [-0.2, -0.15) is 5.26 Å². The van der Waals surface area contributed by atoms with Crippen LogP contribution >= 0.6 is 0 Å². The first-order valence-corrected chi connectivity index (χ1v) is 15.6. The van der Waals surface area contributed by atoms with E-state index < -0.39 is 5.41 Å². The third kappa shape index (κ3) is 3.70. The molecule has 0 amide bonds. The minimum absolute atomic E-state index is 0.475. The Morgan fingerprint density at radius 3 is 1.46 bits per heavy atom. The van der Waals surface area contributed by atoms with Crippen molar-refractivity contribution in [3.63, 3.8) is 0 Å². The molecule has 1 aliphatic heterocycles. The summed E-state index contributed by atoms with van der Waals surface area (Å²) in [5.74, 6) is 1.76. The van der Waals surface area contributed by atoms with Gasteiger partial charge in [0.15, 0.2) is 0 Å². The van der Waals surface area contributed by atoms with Crippen molar-refractivity contribution < 1.29 is 4.74 Å². The second kappa shape index (κ2) is 10.2. The van der Waals surface area contributed by atoms with E-state index >= 15 is 0 Å². The summed E-state index contributed by atoms with van der Waals surface area (Å²) in [6.07, 6.45) is 0. The van der Waals surface area contributed by atoms with E-state index in [1.807, 2.05) is 24.3 Å². The Bertz CT molecular complexity index is 2310. The molecule has 0 saturated heterocycles. The predicted molar refractivity (Wildman–Crippen MR) is 185 cm³/mol. The van der Waals surface area contributed by atoms with E-state index in [1.54, 1.807) is 0 Å². The largest absolute Gasteiger partial charge is 0.457 e. The van der Waals surface area contributed by atoms with Crippen molar-refractivity contribution in [3.8, 4) is 62.1 Å². The summed E-state index contributed by atoms with van der Waals surface area (Å²) >= 11 is 0. The number of hydrogen-bond acceptors (Lipinski definition) is 2. The van der Waals surface area contributed by atoms with Crippen molar-refractivity contribution in [1.29, 1.82) is 5.26 Å². The van der Waals surface area contributed by atoms with Gasteiger partial charge < -0.3 is 4.74 Å². The molecular weight excluding hydrogens is 558 g/mol. The summed E-state index contributed by atoms with van der Waals surface area (Å²) in [6.45, 7) is 0. The second-order valence-corrected chi connectivity index (χ2v) is 11.9. The quantitative estimate of drug-likeness (QED) is 0.207. The van der Waals surface area contributed by atoms with Crippen LogP contribution in [0.15, 0.2) is 164 Å². The molecule has 1 aliphatic carbocycles. The van der Waals surface area contributed by atoms with Gasteiger partial charge in [-0.1, -0.05) is 140 Å². The molecule has 214 valence electrons. The van der Waals surface area contributed by atoms with Crippen LogP contribution in [-0.4, -0.2) is 0 Å². The van der Waals surface area contributed by atoms with Crippen LogP contribution in [0.2, 0.25) is 0 Å². The molecule has 0 bridgehead atoms. The number of nitriles is 1. The highest BCUT2D eigenvalue weighted by atomic mass is 16.5. The first-order chi connectivity index (χ1) is 22.8. The standard InChI is InChI=1S/C44H27NO/c45-28-29-21-23-30(24-22-29)32-11-1-3-13-34(32)35-14-4-2-12-33(35)31-25-26-41-43(27-31)46-42-20-10-9-19-40(42)44(41)38-17-7-5-15-36(38)37-16-6-8-18-39(37)44/h1-27H. The van der Waals surface area contributed by atoms with Gasteiger partial charge in [-0.3, -0.25) is 0 Å². The Kier molecular flexibility index (Phi) is 5.82. The van der Waals surface area contributed by atoms with Gasteiger partial charge in [0.05, 0.1) is 17.0 Å². The molecule has 0 fully saturated rings. The lowest BCUT2D eigenvalue weighted by Gasteiger charge is -2.39. The van der Waals surface area contributed by atoms with Gasteiger partial charge in [0.25, 0.3) is 0 Å². The minimum Gasteiger partial charge on any atom is -0.457 e. The van der Waals surface area contributed by atoms with Crippen LogP contribution in [-0.2, 0) is 5.41 Å². The SMILES string of the molecule is N#Cc1ccc(-c2ccccc2-c2ccccc2-c2ccc3c(c2)Oc2ccccc2C32c3ccccc3-c3ccccc32)cc1. The van der Waals surface area contributed by atoms with Gasteiger partial charge in [0, 0.05) is 11.1 Å². The van der Waals surface area contributed by atoms with Crippen molar-refractivity contribution in [2.45, 2.75) is 5.41 Å². The topological polar surface area (TPSA) is 33.0 Å². The first-order valence-electron chi connectivity index (χ1n) is 15.6. The fourth-order valence-corrected chi connectivity index (χ4v) is 7.69. The number of para-hydroxylation sites is 1. The Morgan fingerprint density at radius 1 is 0.391 bits per heavy atom. The van der Waals surface area contributed by atoms with Crippen LogP contribution in [0.5, 0.6) is 11.5 Å². The predicted octanol–water partition coefficient (Wildman–Crippen LogP) is 11.0. The molecule has 1 spiro atoms. The number of rotatable bonds is 3. The van der Waals surface area contributed by atoms with E-state index in [4.69, 9.17) is 4.74 Å². The fraction of sp³-hybridized carbons (Fsp3) is 0.0227. The molecule has 9 rings (SSSR count). The second-order valence-electron chi connectivity index (χ2n) is 11.9. The molecule has 2 aliphatic rings. The smallest absolute Gasteiger partial charge is 0.132 e. The van der Waals surface area contributed by atoms with Gasteiger partial charge in [-0.25, -0.2) is 0 Å². The summed E-state index contributed by atoms with van der Waals surface area (Å²) in [5, 5.41) is 9.34. The van der Waals surface area contributed by atoms with Crippen LogP contribution in [0.25, 0.3) is 44.5 Å². The average Bonchev–Trinajstić information content (AvgIpc) is 3.42. The van der Waals surface area contributed by atoms with Crippen molar-refractivity contribution in [2.75, 3.05) is 0 Å². The monoisotopic (exact) mass is 585 g/mol. The van der Waals surface area contributed by atoms with Crippen LogP contribution in [0.1, 0.15) is 27.8 Å². The normalized spacial score (nSPS) is 13.1. The molecule has 0 aromatic heterocycles. The van der Waals surface area contributed by atoms with E-state index in [9.17, 15) is 5.26 Å². The molecule has 0 radical (unpaired) electrons. The highest BCUT2D eigenvalue weighted by molar-refractivity contribution is 5.93. The van der Waals surface area contributed by atoms with E-state index in [-0.39, 0.29) is 0 Å². The zero-order chi connectivity index (χ0) is 30.7. The Labute approximate surface area is 268 Å². The molecular formula is C44H27NO. The molecule has 7 aromatic carbocycles. The number of benzene rings is 7. The maximum absolute atomic E-state index is 9.34. The van der Waals surface area contributed by atoms with Gasteiger partial charge in [0.1, 0.15) is 11.5 Å². The summed E-state index contributed by atoms with van der Waals surface area (Å²) in [5.41, 5.74) is 14.3. The summed E-state index contributed by atoms with van der Waals surface area (Å²) in [4.78, 5) is 0. The van der Waals surface area contributed by atoms with Crippen LogP contribution in [0, 0.1) is 11.3 Å². The molecule has 0 unspecified atom stereocenters. The number of fused-ring (bicyclic) bond motifs is 9. The van der Waals surface area contributed by atoms with Gasteiger partial charge in [0.2, 0.25) is 0 Å².